The van der Waals surface area contributed by atoms with Crippen molar-refractivity contribution in [1.29, 1.82) is 0 Å². The van der Waals surface area contributed by atoms with Crippen LogP contribution in [0.4, 0.5) is 0 Å². The van der Waals surface area contributed by atoms with Crippen LogP contribution in [-0.4, -0.2) is 11.8 Å². The first-order valence-electron chi connectivity index (χ1n) is 9.41. The number of benzene rings is 2. The van der Waals surface area contributed by atoms with Crippen LogP contribution in [0.5, 0.6) is 5.75 Å². The molecule has 2 heterocycles. The molecule has 0 N–H and O–H groups in total. The van der Waals surface area contributed by atoms with Gasteiger partial charge in [-0.2, -0.15) is 0 Å². The quantitative estimate of drug-likeness (QED) is 0.634. The molecule has 0 saturated heterocycles. The van der Waals surface area contributed by atoms with E-state index in [0.717, 1.165) is 22.4 Å². The predicted molar refractivity (Wildman–Crippen MR) is 116 cm³/mol. The molecule has 2 atom stereocenters. The Labute approximate surface area is 168 Å². The maximum absolute atomic E-state index is 6.82. The van der Waals surface area contributed by atoms with Gasteiger partial charge in [0.2, 0.25) is 0 Å². The lowest BCUT2D eigenvalue weighted by Gasteiger charge is -2.41. The van der Waals surface area contributed by atoms with Gasteiger partial charge in [-0.15, -0.1) is 0 Å². The number of thioether (sulfide) groups is 1. The topological polar surface area (TPSA) is 21.6 Å². The van der Waals surface area contributed by atoms with E-state index >= 15 is 0 Å². The van der Waals surface area contributed by atoms with Gasteiger partial charge in [0.15, 0.2) is 5.60 Å². The van der Waals surface area contributed by atoms with Gasteiger partial charge in [0.25, 0.3) is 0 Å². The molecule has 2 aliphatic carbocycles. The second-order valence-corrected chi connectivity index (χ2v) is 8.34. The summed E-state index contributed by atoms with van der Waals surface area (Å²) in [6.45, 7) is 0. The minimum atomic E-state index is -0.532. The van der Waals surface area contributed by atoms with Crippen LogP contribution in [0.2, 0.25) is 0 Å². The summed E-state index contributed by atoms with van der Waals surface area (Å²) in [4.78, 5) is 6.00. The van der Waals surface area contributed by atoms with Gasteiger partial charge in [0.1, 0.15) is 11.1 Å². The van der Waals surface area contributed by atoms with E-state index in [0.29, 0.717) is 0 Å². The van der Waals surface area contributed by atoms with Gasteiger partial charge in [-0.05, 0) is 24.3 Å². The molecule has 0 saturated carbocycles. The number of aliphatic imine (C=N–C) groups is 1. The Morgan fingerprint density at radius 2 is 1.75 bits per heavy atom. The number of rotatable bonds is 2. The Bertz CT molecular complexity index is 1170. The predicted octanol–water partition coefficient (Wildman–Crippen LogP) is 6.05. The van der Waals surface area contributed by atoms with Crippen molar-refractivity contribution in [3.63, 3.8) is 0 Å². The largest absolute Gasteiger partial charge is 0.473 e. The highest BCUT2D eigenvalue weighted by Gasteiger charge is 2.43. The van der Waals surface area contributed by atoms with Gasteiger partial charge in [-0.3, -0.25) is 4.99 Å². The minimum absolute atomic E-state index is 0.00775. The van der Waals surface area contributed by atoms with Gasteiger partial charge < -0.3 is 4.74 Å². The lowest BCUT2D eigenvalue weighted by Crippen LogP contribution is -2.41. The molecule has 0 amide bonds. The van der Waals surface area contributed by atoms with E-state index < -0.39 is 5.60 Å². The Hall–Kier alpha value is -3.04. The summed E-state index contributed by atoms with van der Waals surface area (Å²) in [7, 11) is 0. The number of fused-ring (bicyclic) bond motifs is 3. The SMILES string of the molecule is C1=CC2=CC=CC3=Cc4ccc5c(c4OC23C=C1)C(Sc1ccccc1)N=C5. The zero-order valence-electron chi connectivity index (χ0n) is 15.1. The molecule has 1 spiro atoms. The van der Waals surface area contributed by atoms with E-state index in [-0.39, 0.29) is 5.37 Å². The summed E-state index contributed by atoms with van der Waals surface area (Å²) < 4.78 is 6.82. The molecule has 2 aromatic rings. The minimum Gasteiger partial charge on any atom is -0.473 e. The summed E-state index contributed by atoms with van der Waals surface area (Å²) in [5.41, 5.74) is 5.25. The molecular formula is C25H17NOS. The van der Waals surface area contributed by atoms with Crippen LogP contribution in [0.3, 0.4) is 0 Å². The van der Waals surface area contributed by atoms with Crippen molar-refractivity contribution in [3.05, 3.63) is 113 Å². The summed E-state index contributed by atoms with van der Waals surface area (Å²) in [6.07, 6.45) is 19.1. The van der Waals surface area contributed by atoms with Crippen LogP contribution >= 0.6 is 11.8 Å². The van der Waals surface area contributed by atoms with E-state index in [4.69, 9.17) is 9.73 Å². The second-order valence-electron chi connectivity index (χ2n) is 7.19. The number of hydrogen-bond donors (Lipinski definition) is 0. The van der Waals surface area contributed by atoms with Gasteiger partial charge >= 0.3 is 0 Å². The maximum atomic E-state index is 6.82. The number of hydrogen-bond acceptors (Lipinski definition) is 3. The van der Waals surface area contributed by atoms with E-state index in [9.17, 15) is 0 Å². The van der Waals surface area contributed by atoms with Crippen molar-refractivity contribution in [1.82, 2.24) is 0 Å². The van der Waals surface area contributed by atoms with E-state index in [1.54, 1.807) is 11.8 Å². The van der Waals surface area contributed by atoms with Crippen molar-refractivity contribution in [2.45, 2.75) is 15.9 Å². The number of ether oxygens (including phenoxy) is 1. The fourth-order valence-electron chi connectivity index (χ4n) is 4.19. The molecule has 2 aromatic carbocycles. The molecule has 4 aliphatic rings. The molecule has 134 valence electrons. The normalized spacial score (nSPS) is 25.2. The molecule has 0 bridgehead atoms. The third-order valence-corrected chi connectivity index (χ3v) is 6.67. The molecule has 28 heavy (non-hydrogen) atoms. The molecule has 0 aromatic heterocycles. The smallest absolute Gasteiger partial charge is 0.178 e. The molecule has 0 fully saturated rings. The van der Waals surface area contributed by atoms with Crippen molar-refractivity contribution in [3.8, 4) is 5.75 Å². The van der Waals surface area contributed by atoms with Crippen LogP contribution in [0.25, 0.3) is 6.08 Å². The van der Waals surface area contributed by atoms with Crippen LogP contribution in [0, 0.1) is 0 Å². The summed E-state index contributed by atoms with van der Waals surface area (Å²) in [5, 5.41) is 0.00775. The fraction of sp³-hybridized carbons (Fsp3) is 0.0800. The summed E-state index contributed by atoms with van der Waals surface area (Å²) >= 11 is 1.76. The van der Waals surface area contributed by atoms with E-state index in [1.807, 2.05) is 12.3 Å². The van der Waals surface area contributed by atoms with Crippen LogP contribution in [-0.2, 0) is 0 Å². The Morgan fingerprint density at radius 1 is 0.893 bits per heavy atom. The highest BCUT2D eigenvalue weighted by Crippen LogP contribution is 2.51. The van der Waals surface area contributed by atoms with E-state index in [2.05, 4.69) is 85.0 Å². The Morgan fingerprint density at radius 3 is 2.68 bits per heavy atom. The zero-order chi connectivity index (χ0) is 18.6. The first-order chi connectivity index (χ1) is 13.8. The molecule has 2 aliphatic heterocycles. The highest BCUT2D eigenvalue weighted by molar-refractivity contribution is 7.99. The van der Waals surface area contributed by atoms with Gasteiger partial charge in [0.05, 0.1) is 0 Å². The molecule has 6 rings (SSSR count). The fourth-order valence-corrected chi connectivity index (χ4v) is 5.25. The van der Waals surface area contributed by atoms with Crippen molar-refractivity contribution in [2.24, 2.45) is 4.99 Å². The van der Waals surface area contributed by atoms with Gasteiger partial charge in [0, 0.05) is 38.9 Å². The van der Waals surface area contributed by atoms with Gasteiger partial charge in [-0.1, -0.05) is 78.5 Å². The number of nitrogens with zero attached hydrogens (tertiary/aromatic N) is 1. The average molecular weight is 379 g/mol. The molecule has 0 radical (unpaired) electrons. The van der Waals surface area contributed by atoms with Crippen LogP contribution in [0.15, 0.2) is 106 Å². The molecule has 2 unspecified atom stereocenters. The summed E-state index contributed by atoms with van der Waals surface area (Å²) in [6, 6.07) is 14.7. The lowest BCUT2D eigenvalue weighted by atomic mass is 9.77. The average Bonchev–Trinajstić information content (AvgIpc) is 3.15. The first kappa shape index (κ1) is 16.0. The molecular weight excluding hydrogens is 362 g/mol. The van der Waals surface area contributed by atoms with Crippen molar-refractivity contribution >= 4 is 24.1 Å². The third-order valence-electron chi connectivity index (χ3n) is 5.55. The van der Waals surface area contributed by atoms with Crippen LogP contribution in [0.1, 0.15) is 22.1 Å². The number of allylic oxidation sites excluding steroid dienone is 4. The zero-order valence-corrected chi connectivity index (χ0v) is 15.9. The Kier molecular flexibility index (Phi) is 3.41. The third kappa shape index (κ3) is 2.26. The highest BCUT2D eigenvalue weighted by atomic mass is 32.2. The van der Waals surface area contributed by atoms with Crippen LogP contribution < -0.4 is 4.74 Å². The lowest BCUT2D eigenvalue weighted by molar-refractivity contribution is 0.196. The van der Waals surface area contributed by atoms with E-state index in [1.165, 1.54) is 16.0 Å². The standard InChI is InChI=1S/C25H17NOS/c1-2-10-21(11-3-1)28-24-22-18(16-26-24)13-12-17-15-20-9-6-8-19-7-4-5-14-25(19,20)27-23(17)22/h1-16,24H. The maximum Gasteiger partial charge on any atom is 0.178 e. The molecule has 2 nitrogen and oxygen atoms in total. The van der Waals surface area contributed by atoms with Crippen molar-refractivity contribution in [2.75, 3.05) is 0 Å². The van der Waals surface area contributed by atoms with Gasteiger partial charge in [-0.25, -0.2) is 0 Å². The monoisotopic (exact) mass is 379 g/mol. The first-order valence-corrected chi connectivity index (χ1v) is 10.3. The summed E-state index contributed by atoms with van der Waals surface area (Å²) in [5.74, 6) is 0.952. The van der Waals surface area contributed by atoms with Crippen molar-refractivity contribution < 1.29 is 4.74 Å². The second kappa shape index (κ2) is 5.98. The molecule has 3 heteroatoms. The Balaban J connectivity index is 1.48.